The Balaban J connectivity index is 2.07. The van der Waals surface area contributed by atoms with Gasteiger partial charge < -0.3 is 4.74 Å². The number of aryl methyl sites for hydroxylation is 1. The number of carbonyl (C=O) groups is 1. The Bertz CT molecular complexity index is 909. The van der Waals surface area contributed by atoms with E-state index in [1.807, 2.05) is 0 Å². The van der Waals surface area contributed by atoms with Crippen molar-refractivity contribution >= 4 is 21.7 Å². The maximum Gasteiger partial charge on any atom is 0.337 e. The zero-order valence-corrected chi connectivity index (χ0v) is 13.8. The number of halogens is 1. The van der Waals surface area contributed by atoms with E-state index in [1.54, 1.807) is 6.07 Å². The molecule has 1 aliphatic rings. The van der Waals surface area contributed by atoms with Gasteiger partial charge in [0.25, 0.3) is 10.0 Å². The van der Waals surface area contributed by atoms with Crippen LogP contribution in [0.5, 0.6) is 0 Å². The number of hydrogen-bond acceptors (Lipinski definition) is 4. The molecular formula is C17H16FNO4S. The second-order valence-corrected chi connectivity index (χ2v) is 7.22. The number of nitrogens with one attached hydrogen (secondary N) is 1. The van der Waals surface area contributed by atoms with Gasteiger partial charge in [0.1, 0.15) is 5.82 Å². The van der Waals surface area contributed by atoms with Gasteiger partial charge in [0, 0.05) is 0 Å². The predicted octanol–water partition coefficient (Wildman–Crippen LogP) is 2.90. The largest absolute Gasteiger partial charge is 0.465 e. The van der Waals surface area contributed by atoms with Gasteiger partial charge >= 0.3 is 5.97 Å². The summed E-state index contributed by atoms with van der Waals surface area (Å²) in [5.41, 5.74) is 1.85. The number of hydrogen-bond donors (Lipinski definition) is 1. The summed E-state index contributed by atoms with van der Waals surface area (Å²) < 4.78 is 45.8. The molecule has 0 spiro atoms. The SMILES string of the molecule is COC(=O)c1cc2c(c(S(=O)(=O)Nc3cccc(F)c3)c1)CCC2. The van der Waals surface area contributed by atoms with Crippen molar-refractivity contribution in [2.24, 2.45) is 0 Å². The summed E-state index contributed by atoms with van der Waals surface area (Å²) in [6, 6.07) is 8.20. The van der Waals surface area contributed by atoms with Gasteiger partial charge in [0.05, 0.1) is 23.3 Å². The van der Waals surface area contributed by atoms with Crippen molar-refractivity contribution in [3.8, 4) is 0 Å². The van der Waals surface area contributed by atoms with E-state index in [-0.39, 0.29) is 16.1 Å². The number of sulfonamides is 1. The molecule has 5 nitrogen and oxygen atoms in total. The molecule has 0 heterocycles. The second kappa shape index (κ2) is 6.24. The molecule has 0 saturated heterocycles. The Morgan fingerprint density at radius 3 is 2.71 bits per heavy atom. The molecular weight excluding hydrogens is 333 g/mol. The van der Waals surface area contributed by atoms with E-state index in [0.29, 0.717) is 18.4 Å². The molecule has 1 N–H and O–H groups in total. The highest BCUT2D eigenvalue weighted by Crippen LogP contribution is 2.31. The molecule has 3 rings (SSSR count). The summed E-state index contributed by atoms with van der Waals surface area (Å²) >= 11 is 0. The number of methoxy groups -OCH3 is 1. The normalized spacial score (nSPS) is 13.4. The topological polar surface area (TPSA) is 72.5 Å². The summed E-state index contributed by atoms with van der Waals surface area (Å²) in [5, 5.41) is 0. The van der Waals surface area contributed by atoms with Crippen molar-refractivity contribution in [1.82, 2.24) is 0 Å². The van der Waals surface area contributed by atoms with Crippen molar-refractivity contribution in [3.05, 3.63) is 58.9 Å². The minimum absolute atomic E-state index is 0.0437. The fourth-order valence-electron chi connectivity index (χ4n) is 2.90. The van der Waals surface area contributed by atoms with Crippen LogP contribution in [-0.4, -0.2) is 21.5 Å². The quantitative estimate of drug-likeness (QED) is 0.862. The van der Waals surface area contributed by atoms with Gasteiger partial charge in [-0.15, -0.1) is 0 Å². The van der Waals surface area contributed by atoms with E-state index < -0.39 is 21.8 Å². The first-order valence-electron chi connectivity index (χ1n) is 7.43. The van der Waals surface area contributed by atoms with Crippen LogP contribution in [-0.2, 0) is 27.6 Å². The molecule has 0 amide bonds. The average Bonchev–Trinajstić information content (AvgIpc) is 3.01. The zero-order chi connectivity index (χ0) is 17.3. The van der Waals surface area contributed by atoms with Gasteiger partial charge in [-0.3, -0.25) is 4.72 Å². The van der Waals surface area contributed by atoms with Gasteiger partial charge in [-0.25, -0.2) is 17.6 Å². The number of anilines is 1. The van der Waals surface area contributed by atoms with E-state index in [9.17, 15) is 17.6 Å². The van der Waals surface area contributed by atoms with Crippen LogP contribution in [0.3, 0.4) is 0 Å². The maximum absolute atomic E-state index is 13.3. The number of carbonyl (C=O) groups excluding carboxylic acids is 1. The van der Waals surface area contributed by atoms with Crippen molar-refractivity contribution in [3.63, 3.8) is 0 Å². The second-order valence-electron chi connectivity index (χ2n) is 5.57. The first kappa shape index (κ1) is 16.4. The van der Waals surface area contributed by atoms with Crippen LogP contribution >= 0.6 is 0 Å². The van der Waals surface area contributed by atoms with Crippen LogP contribution in [0, 0.1) is 5.82 Å². The van der Waals surface area contributed by atoms with Crippen molar-refractivity contribution < 1.29 is 22.3 Å². The predicted molar refractivity (Wildman–Crippen MR) is 87.0 cm³/mol. The molecule has 126 valence electrons. The minimum atomic E-state index is -3.94. The summed E-state index contributed by atoms with van der Waals surface area (Å²) in [7, 11) is -2.70. The zero-order valence-electron chi connectivity index (χ0n) is 13.0. The Morgan fingerprint density at radius 2 is 2.00 bits per heavy atom. The van der Waals surface area contributed by atoms with Crippen molar-refractivity contribution in [1.29, 1.82) is 0 Å². The fraction of sp³-hybridized carbons (Fsp3) is 0.235. The molecule has 0 atom stereocenters. The highest BCUT2D eigenvalue weighted by atomic mass is 32.2. The first-order valence-corrected chi connectivity index (χ1v) is 8.91. The van der Waals surface area contributed by atoms with Crippen LogP contribution in [0.2, 0.25) is 0 Å². The molecule has 2 aromatic rings. The Kier molecular flexibility index (Phi) is 4.28. The van der Waals surface area contributed by atoms with Crippen molar-refractivity contribution in [2.75, 3.05) is 11.8 Å². The van der Waals surface area contributed by atoms with Gasteiger partial charge in [0.2, 0.25) is 0 Å². The Morgan fingerprint density at radius 1 is 1.21 bits per heavy atom. The van der Waals surface area contributed by atoms with E-state index in [4.69, 9.17) is 4.74 Å². The van der Waals surface area contributed by atoms with Crippen LogP contribution in [0.15, 0.2) is 41.3 Å². The summed E-state index contributed by atoms with van der Waals surface area (Å²) in [6.45, 7) is 0. The lowest BCUT2D eigenvalue weighted by molar-refractivity contribution is 0.0600. The van der Waals surface area contributed by atoms with E-state index in [2.05, 4.69) is 4.72 Å². The van der Waals surface area contributed by atoms with E-state index in [0.717, 1.165) is 18.1 Å². The van der Waals surface area contributed by atoms with Gasteiger partial charge in [0.15, 0.2) is 0 Å². The number of esters is 1. The average molecular weight is 349 g/mol. The Labute approximate surface area is 139 Å². The molecule has 1 aliphatic carbocycles. The molecule has 0 unspecified atom stereocenters. The minimum Gasteiger partial charge on any atom is -0.465 e. The number of rotatable bonds is 4. The number of fused-ring (bicyclic) bond motifs is 1. The third-order valence-electron chi connectivity index (χ3n) is 3.96. The molecule has 0 bridgehead atoms. The number of benzene rings is 2. The fourth-order valence-corrected chi connectivity index (χ4v) is 4.29. The Hall–Kier alpha value is -2.41. The summed E-state index contributed by atoms with van der Waals surface area (Å²) in [4.78, 5) is 11.9. The molecule has 0 fully saturated rings. The smallest absolute Gasteiger partial charge is 0.337 e. The molecule has 0 aliphatic heterocycles. The van der Waals surface area contributed by atoms with Gasteiger partial charge in [-0.1, -0.05) is 6.07 Å². The maximum atomic E-state index is 13.3. The van der Waals surface area contributed by atoms with Crippen LogP contribution in [0.25, 0.3) is 0 Å². The summed E-state index contributed by atoms with van der Waals surface area (Å²) in [5.74, 6) is -1.13. The first-order chi connectivity index (χ1) is 11.4. The van der Waals surface area contributed by atoms with E-state index in [1.165, 1.54) is 31.4 Å². The third kappa shape index (κ3) is 3.12. The third-order valence-corrected chi connectivity index (χ3v) is 5.41. The van der Waals surface area contributed by atoms with E-state index >= 15 is 0 Å². The monoisotopic (exact) mass is 349 g/mol. The molecule has 24 heavy (non-hydrogen) atoms. The summed E-state index contributed by atoms with van der Waals surface area (Å²) in [6.07, 6.45) is 2.15. The highest BCUT2D eigenvalue weighted by molar-refractivity contribution is 7.92. The molecule has 0 radical (unpaired) electrons. The molecule has 2 aromatic carbocycles. The van der Waals surface area contributed by atoms with Crippen LogP contribution in [0.1, 0.15) is 27.9 Å². The lowest BCUT2D eigenvalue weighted by Gasteiger charge is -2.13. The number of ether oxygens (including phenoxy) is 1. The molecule has 0 saturated carbocycles. The van der Waals surface area contributed by atoms with Crippen LogP contribution in [0.4, 0.5) is 10.1 Å². The lowest BCUT2D eigenvalue weighted by atomic mass is 10.1. The molecule has 0 aromatic heterocycles. The van der Waals surface area contributed by atoms with Crippen molar-refractivity contribution in [2.45, 2.75) is 24.2 Å². The van der Waals surface area contributed by atoms with Gasteiger partial charge in [-0.05, 0) is 60.7 Å². The highest BCUT2D eigenvalue weighted by Gasteiger charge is 2.26. The van der Waals surface area contributed by atoms with Gasteiger partial charge in [-0.2, -0.15) is 0 Å². The molecule has 7 heteroatoms. The van der Waals surface area contributed by atoms with Crippen LogP contribution < -0.4 is 4.72 Å². The standard InChI is InChI=1S/C17H16FNO4S/c1-23-17(20)12-8-11-4-2-7-15(11)16(9-12)24(21,22)19-14-6-3-5-13(18)10-14/h3,5-6,8-10,19H,2,4,7H2,1H3. The lowest BCUT2D eigenvalue weighted by Crippen LogP contribution is -2.16.